The minimum atomic E-state index is 0.488. The van der Waals surface area contributed by atoms with Gasteiger partial charge in [0.15, 0.2) is 0 Å². The van der Waals surface area contributed by atoms with E-state index in [1.54, 1.807) is 0 Å². The molecule has 1 rings (SSSR count). The lowest BCUT2D eigenvalue weighted by Gasteiger charge is -1.79. The molecule has 0 radical (unpaired) electrons. The average Bonchev–Trinajstić information content (AvgIpc) is 2.19. The lowest BCUT2D eigenvalue weighted by Crippen LogP contribution is -2.01. The van der Waals surface area contributed by atoms with E-state index in [9.17, 15) is 0 Å². The Morgan fingerprint density at radius 3 is 2.33 bits per heavy atom. The van der Waals surface area contributed by atoms with Crippen molar-refractivity contribution in [3.8, 4) is 0 Å². The van der Waals surface area contributed by atoms with Crippen LogP contribution in [-0.2, 0) is 0 Å². The highest BCUT2D eigenvalue weighted by Crippen LogP contribution is 2.28. The Balaban J connectivity index is 2.09. The minimum Gasteiger partial charge on any atom is -0.327 e. The van der Waals surface area contributed by atoms with Gasteiger partial charge >= 0.3 is 0 Å². The van der Waals surface area contributed by atoms with E-state index >= 15 is 0 Å². The molecule has 0 bridgehead atoms. The highest BCUT2D eigenvalue weighted by molar-refractivity contribution is 7.80. The summed E-state index contributed by atoms with van der Waals surface area (Å²) in [5.41, 5.74) is 5.43. The fraction of sp³-hybridized carbons (Fsp3) is 1.00. The smallest absolute Gasteiger partial charge is 0.00790 e. The van der Waals surface area contributed by atoms with Gasteiger partial charge in [0.2, 0.25) is 0 Å². The first-order chi connectivity index (χ1) is 2.84. The molecule has 0 aliphatic heterocycles. The first-order valence-electron chi connectivity index (χ1n) is 2.21. The van der Waals surface area contributed by atoms with Crippen molar-refractivity contribution in [3.05, 3.63) is 0 Å². The average molecular weight is 103 g/mol. The maximum atomic E-state index is 5.43. The molecule has 1 aliphatic rings. The van der Waals surface area contributed by atoms with Crippen molar-refractivity contribution < 1.29 is 0 Å². The highest BCUT2D eigenvalue weighted by Gasteiger charge is 2.31. The van der Waals surface area contributed by atoms with Crippen LogP contribution in [0.4, 0.5) is 0 Å². The molecule has 0 heterocycles. The summed E-state index contributed by atoms with van der Waals surface area (Å²) in [6.45, 7) is 0. The molecule has 0 saturated heterocycles. The summed E-state index contributed by atoms with van der Waals surface area (Å²) >= 11 is 4.06. The fourth-order valence-corrected chi connectivity index (χ4v) is 0.901. The van der Waals surface area contributed by atoms with Crippen LogP contribution in [0.15, 0.2) is 0 Å². The quantitative estimate of drug-likeness (QED) is 0.457. The second-order valence-electron chi connectivity index (χ2n) is 1.84. The molecule has 0 aromatic carbocycles. The van der Waals surface area contributed by atoms with Crippen LogP contribution in [0.3, 0.4) is 0 Å². The monoisotopic (exact) mass is 103 g/mol. The minimum absolute atomic E-state index is 0.488. The van der Waals surface area contributed by atoms with E-state index in [1.165, 1.54) is 6.42 Å². The number of hydrogen-bond donors (Lipinski definition) is 2. The molecule has 2 heteroatoms. The first-order valence-corrected chi connectivity index (χ1v) is 2.84. The zero-order valence-electron chi connectivity index (χ0n) is 3.59. The number of hydrogen-bond acceptors (Lipinski definition) is 2. The van der Waals surface area contributed by atoms with Gasteiger partial charge in [0.25, 0.3) is 0 Å². The molecule has 36 valence electrons. The van der Waals surface area contributed by atoms with Gasteiger partial charge in [-0.05, 0) is 18.1 Å². The highest BCUT2D eigenvalue weighted by atomic mass is 32.1. The Morgan fingerprint density at radius 1 is 1.83 bits per heavy atom. The maximum absolute atomic E-state index is 5.43. The van der Waals surface area contributed by atoms with Crippen molar-refractivity contribution >= 4 is 12.6 Å². The van der Waals surface area contributed by atoms with Crippen molar-refractivity contribution in [2.45, 2.75) is 12.5 Å². The number of rotatable bonds is 1. The molecule has 1 nitrogen and oxygen atoms in total. The third-order valence-corrected chi connectivity index (χ3v) is 1.68. The third-order valence-electron chi connectivity index (χ3n) is 1.21. The van der Waals surface area contributed by atoms with Crippen LogP contribution in [0.2, 0.25) is 0 Å². The van der Waals surface area contributed by atoms with Crippen LogP contribution >= 0.6 is 12.6 Å². The molecule has 1 aliphatic carbocycles. The summed E-state index contributed by atoms with van der Waals surface area (Å²) in [4.78, 5) is 0. The second-order valence-corrected chi connectivity index (χ2v) is 2.21. The van der Waals surface area contributed by atoms with Crippen molar-refractivity contribution in [3.63, 3.8) is 0 Å². The van der Waals surface area contributed by atoms with Crippen molar-refractivity contribution in [2.24, 2.45) is 11.7 Å². The molecular weight excluding hydrogens is 94.1 g/mol. The standard InChI is InChI=1S/C4H9NS/c5-4-1-3(4)2-6/h3-4,6H,1-2,5H2. The lowest BCUT2D eigenvalue weighted by atomic mass is 10.5. The Bertz CT molecular complexity index is 53.5. The molecule has 2 unspecified atom stereocenters. The largest absolute Gasteiger partial charge is 0.327 e. The van der Waals surface area contributed by atoms with Gasteiger partial charge < -0.3 is 5.73 Å². The van der Waals surface area contributed by atoms with Crippen LogP contribution in [0.1, 0.15) is 6.42 Å². The van der Waals surface area contributed by atoms with E-state index in [-0.39, 0.29) is 0 Å². The predicted octanol–water partition coefficient (Wildman–Crippen LogP) is 0.263. The SMILES string of the molecule is NC1CC1CS. The number of thiol groups is 1. The Kier molecular flexibility index (Phi) is 1.06. The molecule has 0 amide bonds. The molecular formula is C4H9NS. The van der Waals surface area contributed by atoms with Gasteiger partial charge in [-0.2, -0.15) is 12.6 Å². The normalized spacial score (nSPS) is 43.0. The summed E-state index contributed by atoms with van der Waals surface area (Å²) in [7, 11) is 0. The van der Waals surface area contributed by atoms with Crippen molar-refractivity contribution in [1.29, 1.82) is 0 Å². The summed E-state index contributed by atoms with van der Waals surface area (Å²) in [6.07, 6.45) is 1.20. The predicted molar refractivity (Wildman–Crippen MR) is 29.9 cm³/mol. The Morgan fingerprint density at radius 2 is 2.33 bits per heavy atom. The second kappa shape index (κ2) is 1.43. The van der Waals surface area contributed by atoms with Crippen LogP contribution < -0.4 is 5.73 Å². The van der Waals surface area contributed by atoms with Crippen LogP contribution in [0, 0.1) is 5.92 Å². The van der Waals surface area contributed by atoms with Crippen molar-refractivity contribution in [2.75, 3.05) is 5.75 Å². The molecule has 0 aromatic heterocycles. The van der Waals surface area contributed by atoms with Gasteiger partial charge in [0.1, 0.15) is 0 Å². The van der Waals surface area contributed by atoms with E-state index < -0.39 is 0 Å². The van der Waals surface area contributed by atoms with E-state index in [4.69, 9.17) is 5.73 Å². The van der Waals surface area contributed by atoms with E-state index in [0.29, 0.717) is 6.04 Å². The van der Waals surface area contributed by atoms with E-state index in [0.717, 1.165) is 11.7 Å². The first kappa shape index (κ1) is 4.47. The maximum Gasteiger partial charge on any atom is 0.00790 e. The van der Waals surface area contributed by atoms with E-state index in [1.807, 2.05) is 0 Å². The van der Waals surface area contributed by atoms with Gasteiger partial charge in [-0.25, -0.2) is 0 Å². The Labute approximate surface area is 43.3 Å². The molecule has 0 aromatic rings. The summed E-state index contributed by atoms with van der Waals surface area (Å²) < 4.78 is 0. The molecule has 0 spiro atoms. The van der Waals surface area contributed by atoms with Gasteiger partial charge in [0.05, 0.1) is 0 Å². The van der Waals surface area contributed by atoms with Crippen LogP contribution in [0.25, 0.3) is 0 Å². The zero-order chi connectivity index (χ0) is 4.57. The van der Waals surface area contributed by atoms with Gasteiger partial charge in [-0.1, -0.05) is 0 Å². The fourth-order valence-electron chi connectivity index (χ4n) is 0.481. The lowest BCUT2D eigenvalue weighted by molar-refractivity contribution is 0.910. The molecule has 1 fully saturated rings. The summed E-state index contributed by atoms with van der Waals surface area (Å²) in [5, 5.41) is 0. The molecule has 2 N–H and O–H groups in total. The molecule has 2 atom stereocenters. The summed E-state index contributed by atoms with van der Waals surface area (Å²) in [5.74, 6) is 1.72. The zero-order valence-corrected chi connectivity index (χ0v) is 4.49. The van der Waals surface area contributed by atoms with Gasteiger partial charge in [-0.15, -0.1) is 0 Å². The molecule has 1 saturated carbocycles. The van der Waals surface area contributed by atoms with E-state index in [2.05, 4.69) is 12.6 Å². The molecule has 6 heavy (non-hydrogen) atoms. The van der Waals surface area contributed by atoms with Crippen LogP contribution in [0.5, 0.6) is 0 Å². The Hall–Kier alpha value is 0.310. The topological polar surface area (TPSA) is 26.0 Å². The number of nitrogens with two attached hydrogens (primary N) is 1. The summed E-state index contributed by atoms with van der Waals surface area (Å²) in [6, 6.07) is 0.488. The van der Waals surface area contributed by atoms with Crippen LogP contribution in [-0.4, -0.2) is 11.8 Å². The van der Waals surface area contributed by atoms with Crippen molar-refractivity contribution in [1.82, 2.24) is 0 Å². The third kappa shape index (κ3) is 0.684. The van der Waals surface area contributed by atoms with Gasteiger partial charge in [-0.3, -0.25) is 0 Å². The van der Waals surface area contributed by atoms with Gasteiger partial charge in [0, 0.05) is 6.04 Å².